The van der Waals surface area contributed by atoms with Gasteiger partial charge in [-0.15, -0.1) is 0 Å². The molecule has 0 aliphatic rings. The normalized spacial score (nSPS) is 12.1. The minimum absolute atomic E-state index is 0.0289. The van der Waals surface area contributed by atoms with Crippen LogP contribution in [0.25, 0.3) is 0 Å². The van der Waals surface area contributed by atoms with Gasteiger partial charge in [-0.25, -0.2) is 14.8 Å². The lowest BCUT2D eigenvalue weighted by Gasteiger charge is -2.13. The van der Waals surface area contributed by atoms with Gasteiger partial charge in [-0.1, -0.05) is 0 Å². The van der Waals surface area contributed by atoms with E-state index in [-0.39, 0.29) is 11.7 Å². The predicted octanol–water partition coefficient (Wildman–Crippen LogP) is 0.872. The first-order valence-electron chi connectivity index (χ1n) is 5.45. The van der Waals surface area contributed by atoms with E-state index in [0.29, 0.717) is 12.5 Å². The molecule has 0 bridgehead atoms. The summed E-state index contributed by atoms with van der Waals surface area (Å²) < 4.78 is 1.78. The highest BCUT2D eigenvalue weighted by atomic mass is 16.4. The van der Waals surface area contributed by atoms with Gasteiger partial charge in [0.15, 0.2) is 5.69 Å². The summed E-state index contributed by atoms with van der Waals surface area (Å²) in [6.07, 6.45) is 4.97. The van der Waals surface area contributed by atoms with Crippen LogP contribution < -0.4 is 5.32 Å². The van der Waals surface area contributed by atoms with E-state index in [0.717, 1.165) is 0 Å². The van der Waals surface area contributed by atoms with Crippen LogP contribution in [0, 0.1) is 0 Å². The largest absolute Gasteiger partial charge is 0.477 e. The number of carbonyl (C=O) groups is 1. The standard InChI is InChI=1S/C11H13N5O2/c1-8(7-16-6-2-4-13-16)14-11-12-5-3-9(15-11)10(17)18/h2-6,8H,7H2,1H3,(H,17,18)(H,12,14,15). The summed E-state index contributed by atoms with van der Waals surface area (Å²) in [4.78, 5) is 18.6. The lowest BCUT2D eigenvalue weighted by atomic mass is 10.3. The number of aromatic nitrogens is 4. The molecule has 18 heavy (non-hydrogen) atoms. The highest BCUT2D eigenvalue weighted by Crippen LogP contribution is 2.03. The zero-order valence-corrected chi connectivity index (χ0v) is 9.82. The number of carboxylic acids is 1. The lowest BCUT2D eigenvalue weighted by molar-refractivity contribution is 0.0690. The van der Waals surface area contributed by atoms with Crippen molar-refractivity contribution in [1.29, 1.82) is 0 Å². The highest BCUT2D eigenvalue weighted by Gasteiger charge is 2.09. The third-order valence-corrected chi connectivity index (χ3v) is 2.27. The van der Waals surface area contributed by atoms with Gasteiger partial charge in [0.2, 0.25) is 5.95 Å². The second-order valence-electron chi connectivity index (χ2n) is 3.84. The zero-order valence-electron chi connectivity index (χ0n) is 9.82. The molecule has 2 aromatic rings. The lowest BCUT2D eigenvalue weighted by Crippen LogP contribution is -2.23. The third-order valence-electron chi connectivity index (χ3n) is 2.27. The van der Waals surface area contributed by atoms with Crippen LogP contribution in [-0.4, -0.2) is 36.9 Å². The average Bonchev–Trinajstić information content (AvgIpc) is 2.82. The number of anilines is 1. The zero-order chi connectivity index (χ0) is 13.0. The Balaban J connectivity index is 2.00. The predicted molar refractivity (Wildman–Crippen MR) is 64.3 cm³/mol. The van der Waals surface area contributed by atoms with E-state index in [1.54, 1.807) is 10.9 Å². The maximum atomic E-state index is 10.8. The second kappa shape index (κ2) is 5.26. The van der Waals surface area contributed by atoms with Crippen molar-refractivity contribution in [3.63, 3.8) is 0 Å². The molecular weight excluding hydrogens is 234 g/mol. The Bertz CT molecular complexity index is 526. The van der Waals surface area contributed by atoms with Gasteiger partial charge in [0, 0.05) is 24.6 Å². The first-order chi connectivity index (χ1) is 8.65. The summed E-state index contributed by atoms with van der Waals surface area (Å²) >= 11 is 0. The molecule has 0 saturated carbocycles. The minimum atomic E-state index is -1.07. The van der Waals surface area contributed by atoms with Crippen LogP contribution in [-0.2, 0) is 6.54 Å². The molecule has 7 nitrogen and oxygen atoms in total. The Labute approximate surface area is 104 Å². The van der Waals surface area contributed by atoms with E-state index in [9.17, 15) is 4.79 Å². The van der Waals surface area contributed by atoms with Crippen LogP contribution in [0.3, 0.4) is 0 Å². The number of rotatable bonds is 5. The van der Waals surface area contributed by atoms with Crippen molar-refractivity contribution in [2.24, 2.45) is 0 Å². The van der Waals surface area contributed by atoms with Crippen LogP contribution in [0.15, 0.2) is 30.7 Å². The molecule has 7 heteroatoms. The third kappa shape index (κ3) is 3.03. The van der Waals surface area contributed by atoms with E-state index in [1.165, 1.54) is 12.3 Å². The second-order valence-corrected chi connectivity index (χ2v) is 3.84. The molecule has 2 rings (SSSR count). The molecule has 2 aromatic heterocycles. The molecule has 1 atom stereocenters. The fourth-order valence-corrected chi connectivity index (χ4v) is 1.50. The number of hydrogen-bond donors (Lipinski definition) is 2. The molecule has 0 amide bonds. The summed E-state index contributed by atoms with van der Waals surface area (Å²) in [5.41, 5.74) is -0.0289. The fourth-order valence-electron chi connectivity index (χ4n) is 1.50. The monoisotopic (exact) mass is 247 g/mol. The van der Waals surface area contributed by atoms with Gasteiger partial charge < -0.3 is 10.4 Å². The molecule has 0 spiro atoms. The van der Waals surface area contributed by atoms with Crippen LogP contribution in [0.5, 0.6) is 0 Å². The van der Waals surface area contributed by atoms with Crippen LogP contribution in [0.1, 0.15) is 17.4 Å². The molecule has 0 fully saturated rings. The Morgan fingerprint density at radius 1 is 1.56 bits per heavy atom. The fraction of sp³-hybridized carbons (Fsp3) is 0.273. The van der Waals surface area contributed by atoms with Crippen molar-refractivity contribution in [3.8, 4) is 0 Å². The van der Waals surface area contributed by atoms with Gasteiger partial charge in [0.05, 0.1) is 6.54 Å². The van der Waals surface area contributed by atoms with E-state index in [1.807, 2.05) is 19.2 Å². The summed E-state index contributed by atoms with van der Waals surface area (Å²) in [5.74, 6) is -0.769. The molecule has 0 aromatic carbocycles. The van der Waals surface area contributed by atoms with Gasteiger partial charge in [0.1, 0.15) is 0 Å². The summed E-state index contributed by atoms with van der Waals surface area (Å²) in [6, 6.07) is 3.23. The van der Waals surface area contributed by atoms with E-state index in [2.05, 4.69) is 20.4 Å². The van der Waals surface area contributed by atoms with E-state index < -0.39 is 5.97 Å². The Hall–Kier alpha value is -2.44. The smallest absolute Gasteiger partial charge is 0.354 e. The topological polar surface area (TPSA) is 92.9 Å². The quantitative estimate of drug-likeness (QED) is 0.814. The number of hydrogen-bond acceptors (Lipinski definition) is 5. The molecular formula is C11H13N5O2. The molecule has 0 radical (unpaired) electrons. The molecule has 0 saturated heterocycles. The van der Waals surface area contributed by atoms with Crippen LogP contribution in [0.2, 0.25) is 0 Å². The Kier molecular flexibility index (Phi) is 3.52. The molecule has 2 heterocycles. The van der Waals surface area contributed by atoms with Gasteiger partial charge >= 0.3 is 5.97 Å². The molecule has 0 aliphatic carbocycles. The van der Waals surface area contributed by atoms with Crippen molar-refractivity contribution in [2.75, 3.05) is 5.32 Å². The van der Waals surface area contributed by atoms with E-state index >= 15 is 0 Å². The molecule has 1 unspecified atom stereocenters. The molecule has 94 valence electrons. The van der Waals surface area contributed by atoms with Gasteiger partial charge in [0.25, 0.3) is 0 Å². The number of nitrogens with zero attached hydrogens (tertiary/aromatic N) is 4. The highest BCUT2D eigenvalue weighted by molar-refractivity contribution is 5.85. The summed E-state index contributed by atoms with van der Waals surface area (Å²) in [6.45, 7) is 2.59. The van der Waals surface area contributed by atoms with E-state index in [4.69, 9.17) is 5.11 Å². The van der Waals surface area contributed by atoms with Crippen LogP contribution >= 0.6 is 0 Å². The van der Waals surface area contributed by atoms with Crippen molar-refractivity contribution in [2.45, 2.75) is 19.5 Å². The Morgan fingerprint density at radius 3 is 3.06 bits per heavy atom. The number of carboxylic acid groups (broad SMARTS) is 1. The summed E-state index contributed by atoms with van der Waals surface area (Å²) in [5, 5.41) is 15.9. The molecule has 0 aliphatic heterocycles. The summed E-state index contributed by atoms with van der Waals surface area (Å²) in [7, 11) is 0. The van der Waals surface area contributed by atoms with Crippen molar-refractivity contribution in [1.82, 2.24) is 19.7 Å². The SMILES string of the molecule is CC(Cn1cccn1)Nc1nccc(C(=O)O)n1. The van der Waals surface area contributed by atoms with Crippen molar-refractivity contribution < 1.29 is 9.90 Å². The van der Waals surface area contributed by atoms with Crippen LogP contribution in [0.4, 0.5) is 5.95 Å². The van der Waals surface area contributed by atoms with Crippen molar-refractivity contribution >= 4 is 11.9 Å². The van der Waals surface area contributed by atoms with Crippen molar-refractivity contribution in [3.05, 3.63) is 36.4 Å². The average molecular weight is 247 g/mol. The minimum Gasteiger partial charge on any atom is -0.477 e. The Morgan fingerprint density at radius 2 is 2.39 bits per heavy atom. The van der Waals surface area contributed by atoms with Gasteiger partial charge in [-0.05, 0) is 19.1 Å². The first kappa shape index (κ1) is 12.0. The molecule has 2 N–H and O–H groups in total. The first-order valence-corrected chi connectivity index (χ1v) is 5.45. The maximum absolute atomic E-state index is 10.8. The number of aromatic carboxylic acids is 1. The maximum Gasteiger partial charge on any atom is 0.354 e. The number of nitrogens with one attached hydrogen (secondary N) is 1. The van der Waals surface area contributed by atoms with Gasteiger partial charge in [-0.2, -0.15) is 5.10 Å². The van der Waals surface area contributed by atoms with Gasteiger partial charge in [-0.3, -0.25) is 4.68 Å².